The molecule has 1 amide bonds. The number of nitrogens with one attached hydrogen (secondary N) is 2. The first-order valence-corrected chi connectivity index (χ1v) is 7.98. The first-order valence-electron chi connectivity index (χ1n) is 6.84. The molecule has 0 unspecified atom stereocenters. The Hall–Kier alpha value is -1.62. The van der Waals surface area contributed by atoms with Crippen LogP contribution in [0.15, 0.2) is 36.4 Å². The maximum Gasteiger partial charge on any atom is 0.241 e. The third-order valence-corrected chi connectivity index (χ3v) is 3.74. The lowest BCUT2D eigenvalue weighted by atomic mass is 10.2. The molecule has 0 saturated heterocycles. The monoisotopic (exact) mass is 372 g/mol. The Labute approximate surface area is 149 Å². The minimum atomic E-state index is -0.250. The number of carbonyl (C=O) groups excluding carboxylic acids is 1. The predicted octanol–water partition coefficient (Wildman–Crippen LogP) is 4.87. The first-order chi connectivity index (χ1) is 11.0. The summed E-state index contributed by atoms with van der Waals surface area (Å²) >= 11 is 17.8. The van der Waals surface area contributed by atoms with Gasteiger partial charge in [-0.1, -0.05) is 46.9 Å². The summed E-state index contributed by atoms with van der Waals surface area (Å²) in [7, 11) is 0. The maximum atomic E-state index is 11.8. The molecular formula is C16H15Cl3N2O2. The zero-order chi connectivity index (χ0) is 16.8. The second-order valence-corrected chi connectivity index (χ2v) is 6.08. The molecule has 0 bridgehead atoms. The van der Waals surface area contributed by atoms with Crippen molar-refractivity contribution in [1.29, 1.82) is 0 Å². The Morgan fingerprint density at radius 1 is 1.13 bits per heavy atom. The molecule has 4 nitrogen and oxygen atoms in total. The van der Waals surface area contributed by atoms with Crippen molar-refractivity contribution in [2.45, 2.75) is 13.3 Å². The predicted molar refractivity (Wildman–Crippen MR) is 94.5 cm³/mol. The van der Waals surface area contributed by atoms with Crippen molar-refractivity contribution in [1.82, 2.24) is 5.43 Å². The molecule has 0 heterocycles. The number of hydrogen-bond donors (Lipinski definition) is 2. The average molecular weight is 374 g/mol. The van der Waals surface area contributed by atoms with E-state index >= 15 is 0 Å². The third kappa shape index (κ3) is 5.50. The Morgan fingerprint density at radius 3 is 2.48 bits per heavy atom. The Kier molecular flexibility index (Phi) is 6.39. The number of carbonyl (C=O) groups is 1. The van der Waals surface area contributed by atoms with Gasteiger partial charge < -0.3 is 4.74 Å². The highest BCUT2D eigenvalue weighted by atomic mass is 35.5. The van der Waals surface area contributed by atoms with Gasteiger partial charge >= 0.3 is 0 Å². The number of hydrazine groups is 1. The summed E-state index contributed by atoms with van der Waals surface area (Å²) in [4.78, 5) is 11.8. The molecule has 0 aromatic heterocycles. The van der Waals surface area contributed by atoms with E-state index in [1.807, 2.05) is 31.2 Å². The molecule has 2 aromatic rings. The van der Waals surface area contributed by atoms with E-state index in [2.05, 4.69) is 10.9 Å². The number of rotatable bonds is 6. The van der Waals surface area contributed by atoms with Crippen LogP contribution in [0.1, 0.15) is 12.0 Å². The SMILES string of the molecule is Cc1cccc(OCCC(=O)NNc2c(Cl)cc(Cl)cc2Cl)c1. The van der Waals surface area contributed by atoms with Gasteiger partial charge in [-0.05, 0) is 36.8 Å². The van der Waals surface area contributed by atoms with Crippen LogP contribution in [0.25, 0.3) is 0 Å². The summed E-state index contributed by atoms with van der Waals surface area (Å²) in [5.41, 5.74) is 6.70. The van der Waals surface area contributed by atoms with Gasteiger partial charge in [-0.2, -0.15) is 0 Å². The zero-order valence-corrected chi connectivity index (χ0v) is 14.6. The van der Waals surface area contributed by atoms with Crippen LogP contribution in [-0.4, -0.2) is 12.5 Å². The van der Waals surface area contributed by atoms with Crippen LogP contribution in [-0.2, 0) is 4.79 Å². The van der Waals surface area contributed by atoms with Crippen LogP contribution in [0.3, 0.4) is 0 Å². The Morgan fingerprint density at radius 2 is 1.83 bits per heavy atom. The van der Waals surface area contributed by atoms with E-state index in [0.29, 0.717) is 20.8 Å². The van der Waals surface area contributed by atoms with Gasteiger partial charge in [-0.15, -0.1) is 0 Å². The van der Waals surface area contributed by atoms with E-state index in [1.54, 1.807) is 0 Å². The highest BCUT2D eigenvalue weighted by Gasteiger charge is 2.09. The van der Waals surface area contributed by atoms with Gasteiger partial charge in [0, 0.05) is 5.02 Å². The van der Waals surface area contributed by atoms with Crippen molar-refractivity contribution < 1.29 is 9.53 Å². The molecule has 0 aliphatic rings. The highest BCUT2D eigenvalue weighted by molar-refractivity contribution is 6.41. The van der Waals surface area contributed by atoms with Gasteiger partial charge in [0.15, 0.2) is 0 Å². The van der Waals surface area contributed by atoms with Crippen LogP contribution in [0.2, 0.25) is 15.1 Å². The number of aryl methyl sites for hydroxylation is 1. The lowest BCUT2D eigenvalue weighted by molar-refractivity contribution is -0.121. The zero-order valence-electron chi connectivity index (χ0n) is 12.3. The molecule has 7 heteroatoms. The largest absolute Gasteiger partial charge is 0.493 e. The topological polar surface area (TPSA) is 50.4 Å². The summed E-state index contributed by atoms with van der Waals surface area (Å²) < 4.78 is 5.51. The minimum absolute atomic E-state index is 0.184. The maximum absolute atomic E-state index is 11.8. The Bertz CT molecular complexity index is 684. The van der Waals surface area contributed by atoms with Crippen LogP contribution in [0.4, 0.5) is 5.69 Å². The molecule has 2 N–H and O–H groups in total. The lowest BCUT2D eigenvalue weighted by Crippen LogP contribution is -2.30. The fourth-order valence-corrected chi connectivity index (χ4v) is 2.73. The number of ether oxygens (including phenoxy) is 1. The smallest absolute Gasteiger partial charge is 0.241 e. The highest BCUT2D eigenvalue weighted by Crippen LogP contribution is 2.33. The second kappa shape index (κ2) is 8.29. The van der Waals surface area contributed by atoms with Gasteiger partial charge in [0.1, 0.15) is 5.75 Å². The van der Waals surface area contributed by atoms with Crippen molar-refractivity contribution in [2.24, 2.45) is 0 Å². The molecule has 0 aliphatic carbocycles. The van der Waals surface area contributed by atoms with E-state index < -0.39 is 0 Å². The number of amides is 1. The number of anilines is 1. The van der Waals surface area contributed by atoms with Crippen LogP contribution < -0.4 is 15.6 Å². The van der Waals surface area contributed by atoms with Crippen molar-refractivity contribution in [2.75, 3.05) is 12.0 Å². The van der Waals surface area contributed by atoms with Gasteiger partial charge in [0.2, 0.25) is 5.91 Å². The number of halogens is 3. The first kappa shape index (κ1) is 17.7. The fourth-order valence-electron chi connectivity index (χ4n) is 1.82. The van der Waals surface area contributed by atoms with Crippen molar-refractivity contribution in [3.63, 3.8) is 0 Å². The average Bonchev–Trinajstić information content (AvgIpc) is 2.46. The van der Waals surface area contributed by atoms with Gasteiger partial charge in [-0.3, -0.25) is 15.6 Å². The van der Waals surface area contributed by atoms with Crippen molar-refractivity contribution >= 4 is 46.4 Å². The van der Waals surface area contributed by atoms with Crippen molar-refractivity contribution in [3.8, 4) is 5.75 Å². The Balaban J connectivity index is 1.79. The third-order valence-electron chi connectivity index (χ3n) is 2.92. The summed E-state index contributed by atoms with van der Waals surface area (Å²) in [5.74, 6) is 0.481. The van der Waals surface area contributed by atoms with E-state index in [4.69, 9.17) is 39.5 Å². The van der Waals surface area contributed by atoms with Crippen LogP contribution in [0.5, 0.6) is 5.75 Å². The van der Waals surface area contributed by atoms with E-state index in [9.17, 15) is 4.79 Å². The summed E-state index contributed by atoms with van der Waals surface area (Å²) in [6.45, 7) is 2.24. The van der Waals surface area contributed by atoms with Crippen LogP contribution >= 0.6 is 34.8 Å². The molecule has 2 rings (SSSR count). The molecule has 0 spiro atoms. The van der Waals surface area contributed by atoms with E-state index in [-0.39, 0.29) is 18.9 Å². The quantitative estimate of drug-likeness (QED) is 0.710. The molecule has 0 atom stereocenters. The molecule has 122 valence electrons. The van der Waals surface area contributed by atoms with Gasteiger partial charge in [-0.25, -0.2) is 0 Å². The van der Waals surface area contributed by atoms with Gasteiger partial charge in [0.25, 0.3) is 0 Å². The van der Waals surface area contributed by atoms with E-state index in [0.717, 1.165) is 11.3 Å². The molecule has 0 fully saturated rings. The summed E-state index contributed by atoms with van der Waals surface area (Å²) in [5, 5.41) is 1.06. The molecule has 2 aromatic carbocycles. The van der Waals surface area contributed by atoms with Crippen LogP contribution in [0, 0.1) is 6.92 Å². The molecule has 0 aliphatic heterocycles. The standard InChI is InChI=1S/C16H15Cl3N2O2/c1-10-3-2-4-12(7-10)23-6-5-15(22)20-21-16-13(18)8-11(17)9-14(16)19/h2-4,7-9,21H,5-6H2,1H3,(H,20,22). The lowest BCUT2D eigenvalue weighted by Gasteiger charge is -2.12. The molecular weight excluding hydrogens is 359 g/mol. The summed E-state index contributed by atoms with van der Waals surface area (Å²) in [6.07, 6.45) is 0.184. The molecule has 23 heavy (non-hydrogen) atoms. The second-order valence-electron chi connectivity index (χ2n) is 4.83. The van der Waals surface area contributed by atoms with Gasteiger partial charge in [0.05, 0.1) is 28.8 Å². The number of benzene rings is 2. The molecule has 0 radical (unpaired) electrons. The minimum Gasteiger partial charge on any atom is -0.493 e. The summed E-state index contributed by atoms with van der Waals surface area (Å²) in [6, 6.07) is 10.7. The molecule has 0 saturated carbocycles. The van der Waals surface area contributed by atoms with E-state index in [1.165, 1.54) is 12.1 Å². The van der Waals surface area contributed by atoms with Crippen molar-refractivity contribution in [3.05, 3.63) is 57.0 Å². The normalized spacial score (nSPS) is 10.3. The number of hydrogen-bond acceptors (Lipinski definition) is 3. The fraction of sp³-hybridized carbons (Fsp3) is 0.188.